The molecular formula is C18H20N4O4S. The maximum atomic E-state index is 12.8. The number of sulfonamides is 1. The van der Waals surface area contributed by atoms with E-state index in [2.05, 4.69) is 14.9 Å². The molecule has 9 heteroatoms. The highest BCUT2D eigenvalue weighted by atomic mass is 32.2. The van der Waals surface area contributed by atoms with Crippen molar-refractivity contribution in [3.8, 4) is 5.75 Å². The minimum Gasteiger partial charge on any atom is -0.497 e. The van der Waals surface area contributed by atoms with Gasteiger partial charge in [-0.2, -0.15) is 4.31 Å². The number of hydrogen-bond donors (Lipinski definition) is 2. The molecular weight excluding hydrogens is 368 g/mol. The molecule has 4 rings (SSSR count). The van der Waals surface area contributed by atoms with Gasteiger partial charge in [0.2, 0.25) is 10.0 Å². The summed E-state index contributed by atoms with van der Waals surface area (Å²) in [5.74, 6) is 0.622. The number of ether oxygens (including phenoxy) is 1. The van der Waals surface area contributed by atoms with Gasteiger partial charge >= 0.3 is 5.69 Å². The molecule has 1 aliphatic heterocycles. The van der Waals surface area contributed by atoms with Crippen LogP contribution in [0, 0.1) is 0 Å². The average molecular weight is 388 g/mol. The number of imidazole rings is 1. The Bertz CT molecular complexity index is 1110. The summed E-state index contributed by atoms with van der Waals surface area (Å²) in [5, 5.41) is 0. The van der Waals surface area contributed by atoms with Crippen molar-refractivity contribution >= 4 is 26.7 Å². The van der Waals surface area contributed by atoms with Crippen molar-refractivity contribution in [1.82, 2.24) is 14.3 Å². The summed E-state index contributed by atoms with van der Waals surface area (Å²) in [7, 11) is -1.98. The topological polar surface area (TPSA) is 98.5 Å². The standard InChI is InChI=1S/C18H20N4O4S/c1-26-14-3-5-15(6-4-14)27(24,25)22-10-8-21(9-11-22)13-2-7-16-17(12-13)20-18(23)19-16/h2-7,12H,8-11H2,1H3,(H2,19,20,23). The monoisotopic (exact) mass is 388 g/mol. The molecule has 0 saturated carbocycles. The summed E-state index contributed by atoms with van der Waals surface area (Å²) in [4.78, 5) is 19.2. The minimum absolute atomic E-state index is 0.238. The SMILES string of the molecule is COc1ccc(S(=O)(=O)N2CCN(c3ccc4[nH]c(=O)[nH]c4c3)CC2)cc1. The van der Waals surface area contributed by atoms with Gasteiger partial charge in [-0.15, -0.1) is 0 Å². The predicted molar refractivity (Wildman–Crippen MR) is 103 cm³/mol. The molecule has 0 bridgehead atoms. The molecule has 142 valence electrons. The summed E-state index contributed by atoms with van der Waals surface area (Å²) in [6, 6.07) is 12.1. The zero-order valence-electron chi connectivity index (χ0n) is 14.8. The van der Waals surface area contributed by atoms with Gasteiger partial charge < -0.3 is 19.6 Å². The van der Waals surface area contributed by atoms with Crippen LogP contribution in [0.3, 0.4) is 0 Å². The van der Waals surface area contributed by atoms with E-state index in [1.54, 1.807) is 31.4 Å². The molecule has 1 saturated heterocycles. The molecule has 0 unspecified atom stereocenters. The molecule has 2 aromatic carbocycles. The molecule has 27 heavy (non-hydrogen) atoms. The zero-order valence-corrected chi connectivity index (χ0v) is 15.6. The fraction of sp³-hybridized carbons (Fsp3) is 0.278. The van der Waals surface area contributed by atoms with E-state index in [0.717, 1.165) is 16.7 Å². The van der Waals surface area contributed by atoms with Crippen molar-refractivity contribution in [2.45, 2.75) is 4.90 Å². The van der Waals surface area contributed by atoms with Crippen LogP contribution < -0.4 is 15.3 Å². The number of aromatic amines is 2. The third kappa shape index (κ3) is 3.31. The number of H-pyrrole nitrogens is 2. The molecule has 2 N–H and O–H groups in total. The van der Waals surface area contributed by atoms with E-state index in [4.69, 9.17) is 4.74 Å². The number of aromatic nitrogens is 2. The molecule has 0 spiro atoms. The highest BCUT2D eigenvalue weighted by Crippen LogP contribution is 2.24. The maximum Gasteiger partial charge on any atom is 0.323 e. The lowest BCUT2D eigenvalue weighted by atomic mass is 10.2. The number of nitrogens with one attached hydrogen (secondary N) is 2. The normalized spacial score (nSPS) is 16.0. The first-order valence-electron chi connectivity index (χ1n) is 8.58. The third-order valence-corrected chi connectivity index (χ3v) is 6.71. The van der Waals surface area contributed by atoms with Crippen LogP contribution in [0.15, 0.2) is 52.2 Å². The van der Waals surface area contributed by atoms with Crippen LogP contribution in [0.2, 0.25) is 0 Å². The number of piperazine rings is 1. The lowest BCUT2D eigenvalue weighted by Crippen LogP contribution is -2.48. The predicted octanol–water partition coefficient (Wildman–Crippen LogP) is 1.38. The summed E-state index contributed by atoms with van der Waals surface area (Å²) in [6.45, 7) is 1.96. The first-order chi connectivity index (χ1) is 13.0. The molecule has 0 amide bonds. The molecule has 2 heterocycles. The van der Waals surface area contributed by atoms with Gasteiger partial charge in [0.05, 0.1) is 23.0 Å². The Morgan fingerprint density at radius 1 is 0.926 bits per heavy atom. The van der Waals surface area contributed by atoms with E-state index in [9.17, 15) is 13.2 Å². The Morgan fingerprint density at radius 2 is 1.59 bits per heavy atom. The number of hydrogen-bond acceptors (Lipinski definition) is 5. The van der Waals surface area contributed by atoms with Crippen molar-refractivity contribution in [2.75, 3.05) is 38.2 Å². The molecule has 3 aromatic rings. The van der Waals surface area contributed by atoms with Crippen molar-refractivity contribution < 1.29 is 13.2 Å². The van der Waals surface area contributed by atoms with E-state index in [1.165, 1.54) is 4.31 Å². The first kappa shape index (κ1) is 17.6. The van der Waals surface area contributed by atoms with E-state index < -0.39 is 10.0 Å². The van der Waals surface area contributed by atoms with Crippen molar-refractivity contribution in [3.63, 3.8) is 0 Å². The fourth-order valence-corrected chi connectivity index (χ4v) is 4.72. The number of benzene rings is 2. The van der Waals surface area contributed by atoms with Gasteiger partial charge in [0, 0.05) is 31.9 Å². The summed E-state index contributed by atoms with van der Waals surface area (Å²) in [5.41, 5.74) is 2.21. The van der Waals surface area contributed by atoms with Crippen LogP contribution in [0.25, 0.3) is 11.0 Å². The van der Waals surface area contributed by atoms with E-state index in [-0.39, 0.29) is 10.6 Å². The van der Waals surface area contributed by atoms with Crippen LogP contribution in [0.4, 0.5) is 5.69 Å². The second kappa shape index (κ2) is 6.75. The van der Waals surface area contributed by atoms with Gasteiger partial charge in [0.15, 0.2) is 0 Å². The second-order valence-electron chi connectivity index (χ2n) is 6.38. The average Bonchev–Trinajstić information content (AvgIpc) is 3.07. The third-order valence-electron chi connectivity index (χ3n) is 4.80. The van der Waals surface area contributed by atoms with Gasteiger partial charge in [-0.05, 0) is 42.5 Å². The van der Waals surface area contributed by atoms with E-state index in [1.807, 2.05) is 18.2 Å². The van der Waals surface area contributed by atoms with Crippen molar-refractivity contribution in [2.24, 2.45) is 0 Å². The summed E-state index contributed by atoms with van der Waals surface area (Å²) in [6.07, 6.45) is 0. The fourth-order valence-electron chi connectivity index (χ4n) is 3.30. The minimum atomic E-state index is -3.53. The number of anilines is 1. The smallest absolute Gasteiger partial charge is 0.323 e. The van der Waals surface area contributed by atoms with E-state index in [0.29, 0.717) is 31.9 Å². The number of nitrogens with zero attached hydrogens (tertiary/aromatic N) is 2. The highest BCUT2D eigenvalue weighted by molar-refractivity contribution is 7.89. The number of fused-ring (bicyclic) bond motifs is 1. The highest BCUT2D eigenvalue weighted by Gasteiger charge is 2.28. The van der Waals surface area contributed by atoms with Gasteiger partial charge in [0.25, 0.3) is 0 Å². The quantitative estimate of drug-likeness (QED) is 0.704. The molecule has 1 fully saturated rings. The van der Waals surface area contributed by atoms with Crippen molar-refractivity contribution in [3.05, 3.63) is 52.9 Å². The van der Waals surface area contributed by atoms with Gasteiger partial charge in [-0.1, -0.05) is 0 Å². The molecule has 1 aliphatic rings. The maximum absolute atomic E-state index is 12.8. The van der Waals surface area contributed by atoms with Crippen LogP contribution in [0.5, 0.6) is 5.75 Å². The lowest BCUT2D eigenvalue weighted by molar-refractivity contribution is 0.384. The molecule has 8 nitrogen and oxygen atoms in total. The molecule has 1 aromatic heterocycles. The van der Waals surface area contributed by atoms with Gasteiger partial charge in [0.1, 0.15) is 5.75 Å². The Kier molecular flexibility index (Phi) is 4.40. The van der Waals surface area contributed by atoms with Gasteiger partial charge in [-0.25, -0.2) is 13.2 Å². The zero-order chi connectivity index (χ0) is 19.0. The number of rotatable bonds is 4. The lowest BCUT2D eigenvalue weighted by Gasteiger charge is -2.35. The summed E-state index contributed by atoms with van der Waals surface area (Å²) >= 11 is 0. The molecule has 0 radical (unpaired) electrons. The van der Waals surface area contributed by atoms with Crippen LogP contribution in [-0.4, -0.2) is 56.0 Å². The summed E-state index contributed by atoms with van der Waals surface area (Å²) < 4.78 is 32.2. The van der Waals surface area contributed by atoms with Gasteiger partial charge in [-0.3, -0.25) is 0 Å². The Labute approximate surface area is 156 Å². The van der Waals surface area contributed by atoms with Crippen LogP contribution >= 0.6 is 0 Å². The Balaban J connectivity index is 1.49. The second-order valence-corrected chi connectivity index (χ2v) is 8.31. The molecule has 0 aliphatic carbocycles. The Morgan fingerprint density at radius 3 is 2.26 bits per heavy atom. The van der Waals surface area contributed by atoms with E-state index >= 15 is 0 Å². The van der Waals surface area contributed by atoms with Crippen LogP contribution in [0.1, 0.15) is 0 Å². The number of methoxy groups -OCH3 is 1. The van der Waals surface area contributed by atoms with Crippen LogP contribution in [-0.2, 0) is 10.0 Å². The largest absolute Gasteiger partial charge is 0.497 e. The molecule has 0 atom stereocenters. The first-order valence-corrected chi connectivity index (χ1v) is 10.0. The van der Waals surface area contributed by atoms with Crippen molar-refractivity contribution in [1.29, 1.82) is 0 Å². The Hall–Kier alpha value is -2.78.